The fraction of sp³-hybridized carbons (Fsp3) is 0.286. The highest BCUT2D eigenvalue weighted by Crippen LogP contribution is 2.25. The maximum atomic E-state index is 4.51. The Labute approximate surface area is 154 Å². The fourth-order valence-electron chi connectivity index (χ4n) is 2.61. The predicted octanol–water partition coefficient (Wildman–Crippen LogP) is 5.27. The van der Waals surface area contributed by atoms with Gasteiger partial charge in [-0.25, -0.2) is 0 Å². The Morgan fingerprint density at radius 1 is 0.885 bits per heavy atom. The van der Waals surface area contributed by atoms with Gasteiger partial charge in [-0.1, -0.05) is 45.0 Å². The molecule has 1 heterocycles. The van der Waals surface area contributed by atoms with E-state index in [4.69, 9.17) is 0 Å². The topological polar surface area (TPSA) is 62.7 Å². The molecule has 0 aliphatic heterocycles. The van der Waals surface area contributed by atoms with Crippen molar-refractivity contribution < 1.29 is 0 Å². The summed E-state index contributed by atoms with van der Waals surface area (Å²) in [7, 11) is 0. The summed E-state index contributed by atoms with van der Waals surface area (Å²) in [5, 5.41) is 14.6. The summed E-state index contributed by atoms with van der Waals surface area (Å²) in [6, 6.07) is 14.6. The van der Waals surface area contributed by atoms with E-state index >= 15 is 0 Å². The monoisotopic (exact) mass is 347 g/mol. The average molecular weight is 347 g/mol. The second-order valence-corrected chi connectivity index (χ2v) is 7.56. The van der Waals surface area contributed by atoms with E-state index in [-0.39, 0.29) is 5.41 Å². The number of nitrogens with one attached hydrogen (secondary N) is 2. The lowest BCUT2D eigenvalue weighted by Crippen LogP contribution is -2.10. The molecule has 0 saturated heterocycles. The molecule has 0 unspecified atom stereocenters. The van der Waals surface area contributed by atoms with Gasteiger partial charge in [0.15, 0.2) is 5.82 Å². The summed E-state index contributed by atoms with van der Waals surface area (Å²) in [5.41, 5.74) is 5.72. The molecule has 0 aliphatic rings. The van der Waals surface area contributed by atoms with Crippen LogP contribution in [0.5, 0.6) is 0 Å². The molecule has 2 aromatic carbocycles. The number of anilines is 4. The molecule has 0 fully saturated rings. The Bertz CT molecular complexity index is 895. The second-order valence-electron chi connectivity index (χ2n) is 7.56. The summed E-state index contributed by atoms with van der Waals surface area (Å²) in [4.78, 5) is 4.51. The zero-order chi connectivity index (χ0) is 18.7. The van der Waals surface area contributed by atoms with Gasteiger partial charge >= 0.3 is 0 Å². The minimum atomic E-state index is 0.131. The van der Waals surface area contributed by atoms with Gasteiger partial charge in [0.2, 0.25) is 5.95 Å². The van der Waals surface area contributed by atoms with E-state index in [0.717, 1.165) is 16.9 Å². The fourth-order valence-corrected chi connectivity index (χ4v) is 2.61. The summed E-state index contributed by atoms with van der Waals surface area (Å²) >= 11 is 0. The van der Waals surface area contributed by atoms with Crippen molar-refractivity contribution in [3.63, 3.8) is 0 Å². The zero-order valence-corrected chi connectivity index (χ0v) is 16.0. The number of aromatic nitrogens is 3. The van der Waals surface area contributed by atoms with Gasteiger partial charge in [-0.15, -0.1) is 5.10 Å². The minimum Gasteiger partial charge on any atom is -0.339 e. The summed E-state index contributed by atoms with van der Waals surface area (Å²) in [6.45, 7) is 10.7. The molecule has 3 rings (SSSR count). The predicted molar refractivity (Wildman–Crippen MR) is 107 cm³/mol. The van der Waals surface area contributed by atoms with E-state index in [1.54, 1.807) is 6.20 Å². The molecule has 0 atom stereocenters. The first-order valence-corrected chi connectivity index (χ1v) is 8.73. The number of hydrogen-bond acceptors (Lipinski definition) is 5. The van der Waals surface area contributed by atoms with Gasteiger partial charge in [0, 0.05) is 11.4 Å². The Morgan fingerprint density at radius 3 is 2.31 bits per heavy atom. The highest BCUT2D eigenvalue weighted by Gasteiger charge is 2.13. The molecule has 0 saturated carbocycles. The zero-order valence-electron chi connectivity index (χ0n) is 16.0. The van der Waals surface area contributed by atoms with Gasteiger partial charge in [0.25, 0.3) is 0 Å². The molecule has 5 nitrogen and oxygen atoms in total. The van der Waals surface area contributed by atoms with E-state index in [2.05, 4.69) is 90.8 Å². The van der Waals surface area contributed by atoms with Crippen LogP contribution in [0.1, 0.15) is 37.5 Å². The van der Waals surface area contributed by atoms with Crippen LogP contribution in [0.25, 0.3) is 0 Å². The Kier molecular flexibility index (Phi) is 4.89. The molecule has 26 heavy (non-hydrogen) atoms. The molecule has 2 N–H and O–H groups in total. The summed E-state index contributed by atoms with van der Waals surface area (Å²) in [6.07, 6.45) is 1.62. The number of benzene rings is 2. The van der Waals surface area contributed by atoms with Crippen molar-refractivity contribution in [1.82, 2.24) is 15.2 Å². The molecule has 0 radical (unpaired) electrons. The van der Waals surface area contributed by atoms with E-state index < -0.39 is 0 Å². The smallest absolute Gasteiger partial charge is 0.249 e. The van der Waals surface area contributed by atoms with Crippen molar-refractivity contribution >= 4 is 23.1 Å². The van der Waals surface area contributed by atoms with E-state index in [9.17, 15) is 0 Å². The third-order valence-corrected chi connectivity index (χ3v) is 4.22. The van der Waals surface area contributed by atoms with Crippen LogP contribution < -0.4 is 10.6 Å². The minimum absolute atomic E-state index is 0.131. The van der Waals surface area contributed by atoms with Crippen molar-refractivity contribution in [1.29, 1.82) is 0 Å². The Morgan fingerprint density at radius 2 is 1.62 bits per heavy atom. The lowest BCUT2D eigenvalue weighted by atomic mass is 9.87. The number of nitrogens with zero attached hydrogens (tertiary/aromatic N) is 3. The maximum absolute atomic E-state index is 4.51. The summed E-state index contributed by atoms with van der Waals surface area (Å²) < 4.78 is 0. The van der Waals surface area contributed by atoms with Crippen LogP contribution in [0.3, 0.4) is 0 Å². The van der Waals surface area contributed by atoms with Crippen LogP contribution in [-0.2, 0) is 5.41 Å². The van der Waals surface area contributed by atoms with Gasteiger partial charge in [-0.3, -0.25) is 0 Å². The van der Waals surface area contributed by atoms with Gasteiger partial charge in [0.1, 0.15) is 0 Å². The molecule has 1 aromatic heterocycles. The number of aryl methyl sites for hydroxylation is 2. The Balaban J connectivity index is 1.76. The highest BCUT2D eigenvalue weighted by atomic mass is 15.3. The van der Waals surface area contributed by atoms with Gasteiger partial charge < -0.3 is 10.6 Å². The number of rotatable bonds is 4. The van der Waals surface area contributed by atoms with Crippen molar-refractivity contribution in [3.05, 3.63) is 65.4 Å². The first kappa shape index (κ1) is 17.9. The van der Waals surface area contributed by atoms with E-state index in [1.807, 2.05) is 12.1 Å². The van der Waals surface area contributed by atoms with Gasteiger partial charge in [-0.2, -0.15) is 10.1 Å². The molecule has 3 aromatic rings. The average Bonchev–Trinajstić information content (AvgIpc) is 2.58. The second kappa shape index (κ2) is 7.12. The van der Waals surface area contributed by atoms with Crippen molar-refractivity contribution in [2.24, 2.45) is 0 Å². The van der Waals surface area contributed by atoms with Crippen LogP contribution in [-0.4, -0.2) is 15.2 Å². The van der Waals surface area contributed by atoms with Crippen LogP contribution in [0.2, 0.25) is 0 Å². The standard InChI is InChI=1S/C21H25N5/c1-14-6-7-15(2)18(12-14)24-19-13-22-26-20(25-19)23-17-10-8-16(9-11-17)21(3,4)5/h6-13H,1-5H3,(H2,23,24,25,26). The quantitative estimate of drug-likeness (QED) is 0.673. The van der Waals surface area contributed by atoms with Crippen LogP contribution in [0.15, 0.2) is 48.7 Å². The molecule has 5 heteroatoms. The molecule has 0 aliphatic carbocycles. The lowest BCUT2D eigenvalue weighted by molar-refractivity contribution is 0.590. The molecule has 0 spiro atoms. The van der Waals surface area contributed by atoms with Crippen molar-refractivity contribution in [2.45, 2.75) is 40.0 Å². The molecule has 0 amide bonds. The molecular weight excluding hydrogens is 322 g/mol. The van der Waals surface area contributed by atoms with Crippen LogP contribution >= 0.6 is 0 Å². The highest BCUT2D eigenvalue weighted by molar-refractivity contribution is 5.62. The first-order valence-electron chi connectivity index (χ1n) is 8.73. The Hall–Kier alpha value is -2.95. The largest absolute Gasteiger partial charge is 0.339 e. The number of hydrogen-bond donors (Lipinski definition) is 2. The third-order valence-electron chi connectivity index (χ3n) is 4.22. The normalized spacial score (nSPS) is 11.3. The van der Waals surface area contributed by atoms with E-state index in [1.165, 1.54) is 11.1 Å². The van der Waals surface area contributed by atoms with Crippen molar-refractivity contribution in [2.75, 3.05) is 10.6 Å². The van der Waals surface area contributed by atoms with Gasteiger partial charge in [0.05, 0.1) is 6.20 Å². The van der Waals surface area contributed by atoms with E-state index in [0.29, 0.717) is 11.8 Å². The van der Waals surface area contributed by atoms with Crippen LogP contribution in [0, 0.1) is 13.8 Å². The molecule has 134 valence electrons. The summed E-state index contributed by atoms with van der Waals surface area (Å²) in [5.74, 6) is 1.12. The maximum Gasteiger partial charge on any atom is 0.249 e. The first-order chi connectivity index (χ1) is 12.3. The van der Waals surface area contributed by atoms with Crippen LogP contribution in [0.4, 0.5) is 23.1 Å². The van der Waals surface area contributed by atoms with Crippen molar-refractivity contribution in [3.8, 4) is 0 Å². The lowest BCUT2D eigenvalue weighted by Gasteiger charge is -2.19. The molecular formula is C21H25N5. The SMILES string of the molecule is Cc1ccc(C)c(Nc2cnnc(Nc3ccc(C(C)(C)C)cc3)n2)c1. The third kappa shape index (κ3) is 4.36. The molecule has 0 bridgehead atoms. The van der Waals surface area contributed by atoms with Gasteiger partial charge in [-0.05, 0) is 54.2 Å².